The predicted molar refractivity (Wildman–Crippen MR) is 73.0 cm³/mol. The van der Waals surface area contributed by atoms with Gasteiger partial charge in [-0.25, -0.2) is 9.97 Å². The second-order valence-electron chi connectivity index (χ2n) is 5.78. The molecule has 2 fully saturated rings. The molecule has 3 heterocycles. The minimum Gasteiger partial charge on any atom is -0.363 e. The monoisotopic (exact) mass is 247 g/mol. The van der Waals surface area contributed by atoms with Gasteiger partial charge in [-0.3, -0.25) is 0 Å². The van der Waals surface area contributed by atoms with Gasteiger partial charge in [0.25, 0.3) is 0 Å². The lowest BCUT2D eigenvalue weighted by Crippen LogP contribution is -2.27. The van der Waals surface area contributed by atoms with Crippen molar-refractivity contribution in [1.29, 1.82) is 0 Å². The Kier molecular flexibility index (Phi) is 2.86. The van der Waals surface area contributed by atoms with E-state index in [1.807, 2.05) is 19.0 Å². The predicted octanol–water partition coefficient (Wildman–Crippen LogP) is 0.540. The number of likely N-dealkylation sites (tertiary alicyclic amines) is 1. The summed E-state index contributed by atoms with van der Waals surface area (Å²) in [6.45, 7) is 4.73. The van der Waals surface area contributed by atoms with Crippen LogP contribution < -0.4 is 9.80 Å². The molecule has 98 valence electrons. The van der Waals surface area contributed by atoms with Gasteiger partial charge >= 0.3 is 0 Å². The highest BCUT2D eigenvalue weighted by molar-refractivity contribution is 5.50. The lowest BCUT2D eigenvalue weighted by Gasteiger charge is -2.21. The van der Waals surface area contributed by atoms with E-state index in [-0.39, 0.29) is 0 Å². The molecule has 1 aromatic heterocycles. The molecular formula is C13H21N5. The summed E-state index contributed by atoms with van der Waals surface area (Å²) in [5, 5.41) is 0. The maximum atomic E-state index is 4.42. The second kappa shape index (κ2) is 4.39. The molecule has 5 nitrogen and oxygen atoms in total. The molecule has 2 aliphatic heterocycles. The molecule has 2 atom stereocenters. The fraction of sp³-hybridized carbons (Fsp3) is 0.692. The largest absolute Gasteiger partial charge is 0.363 e. The zero-order valence-electron chi connectivity index (χ0n) is 11.4. The molecule has 0 unspecified atom stereocenters. The number of hydrogen-bond donors (Lipinski definition) is 0. The summed E-state index contributed by atoms with van der Waals surface area (Å²) in [7, 11) is 6.25. The molecule has 1 aromatic rings. The van der Waals surface area contributed by atoms with E-state index in [1.54, 1.807) is 6.33 Å². The molecule has 0 spiro atoms. The van der Waals surface area contributed by atoms with Crippen LogP contribution in [-0.2, 0) is 0 Å². The van der Waals surface area contributed by atoms with E-state index in [1.165, 1.54) is 13.1 Å². The fourth-order valence-electron chi connectivity index (χ4n) is 3.17. The van der Waals surface area contributed by atoms with Gasteiger partial charge in [-0.1, -0.05) is 0 Å². The molecule has 2 aliphatic rings. The molecule has 0 N–H and O–H groups in total. The average Bonchev–Trinajstić information content (AvgIpc) is 2.86. The molecule has 0 saturated carbocycles. The van der Waals surface area contributed by atoms with Crippen molar-refractivity contribution in [3.63, 3.8) is 0 Å². The Morgan fingerprint density at radius 2 is 1.78 bits per heavy atom. The van der Waals surface area contributed by atoms with Crippen LogP contribution in [0.2, 0.25) is 0 Å². The maximum absolute atomic E-state index is 4.42. The van der Waals surface area contributed by atoms with Crippen LogP contribution in [0.25, 0.3) is 0 Å². The van der Waals surface area contributed by atoms with E-state index >= 15 is 0 Å². The topological polar surface area (TPSA) is 35.5 Å². The van der Waals surface area contributed by atoms with E-state index < -0.39 is 0 Å². The van der Waals surface area contributed by atoms with Crippen molar-refractivity contribution in [2.75, 3.05) is 57.1 Å². The van der Waals surface area contributed by atoms with Gasteiger partial charge in [0.15, 0.2) is 0 Å². The summed E-state index contributed by atoms with van der Waals surface area (Å²) in [6, 6.07) is 2.09. The van der Waals surface area contributed by atoms with Gasteiger partial charge in [0.05, 0.1) is 0 Å². The molecule has 18 heavy (non-hydrogen) atoms. The minimum absolute atomic E-state index is 0.813. The van der Waals surface area contributed by atoms with Crippen molar-refractivity contribution >= 4 is 11.6 Å². The quantitative estimate of drug-likeness (QED) is 0.762. The summed E-state index contributed by atoms with van der Waals surface area (Å²) < 4.78 is 0. The van der Waals surface area contributed by atoms with Gasteiger partial charge in [-0.15, -0.1) is 0 Å². The maximum Gasteiger partial charge on any atom is 0.134 e. The van der Waals surface area contributed by atoms with Crippen molar-refractivity contribution in [3.8, 4) is 0 Å². The third-order valence-corrected chi connectivity index (χ3v) is 4.09. The van der Waals surface area contributed by atoms with Crippen LogP contribution in [0, 0.1) is 11.8 Å². The molecule has 2 saturated heterocycles. The summed E-state index contributed by atoms with van der Waals surface area (Å²) in [5.74, 6) is 3.68. The number of rotatable bonds is 2. The highest BCUT2D eigenvalue weighted by atomic mass is 15.3. The van der Waals surface area contributed by atoms with E-state index in [2.05, 4.69) is 32.9 Å². The van der Waals surface area contributed by atoms with Crippen LogP contribution >= 0.6 is 0 Å². The standard InChI is InChI=1S/C13H21N5/c1-16(2)12-4-13(15-9-14-12)18-7-10-5-17(3)6-11(10)8-18/h4,9-11H,5-8H2,1-3H3/t10-,11-/m1/s1. The smallest absolute Gasteiger partial charge is 0.134 e. The van der Waals surface area contributed by atoms with Gasteiger partial charge in [-0.05, 0) is 18.9 Å². The first-order chi connectivity index (χ1) is 8.63. The molecule has 0 radical (unpaired) electrons. The summed E-state index contributed by atoms with van der Waals surface area (Å²) in [4.78, 5) is 15.6. The van der Waals surface area contributed by atoms with Gasteiger partial charge in [0.1, 0.15) is 18.0 Å². The lowest BCUT2D eigenvalue weighted by atomic mass is 10.0. The van der Waals surface area contributed by atoms with Crippen LogP contribution in [0.1, 0.15) is 0 Å². The van der Waals surface area contributed by atoms with Gasteiger partial charge in [-0.2, -0.15) is 0 Å². The molecule has 0 bridgehead atoms. The molecule has 0 aromatic carbocycles. The Bertz CT molecular complexity index is 419. The highest BCUT2D eigenvalue weighted by Crippen LogP contribution is 2.32. The van der Waals surface area contributed by atoms with Crippen LogP contribution in [0.5, 0.6) is 0 Å². The Labute approximate surface area is 108 Å². The highest BCUT2D eigenvalue weighted by Gasteiger charge is 2.39. The van der Waals surface area contributed by atoms with E-state index in [0.717, 1.165) is 36.6 Å². The summed E-state index contributed by atoms with van der Waals surface area (Å²) in [5.41, 5.74) is 0. The first-order valence-electron chi connectivity index (χ1n) is 6.56. The first-order valence-corrected chi connectivity index (χ1v) is 6.56. The number of aromatic nitrogens is 2. The normalized spacial score (nSPS) is 27.6. The van der Waals surface area contributed by atoms with Crippen LogP contribution in [0.3, 0.4) is 0 Å². The SMILES string of the molecule is CN1C[C@@H]2CN(c3cc(N(C)C)ncn3)C[C@H]2C1. The van der Waals surface area contributed by atoms with Crippen molar-refractivity contribution in [3.05, 3.63) is 12.4 Å². The first kappa shape index (κ1) is 11.7. The third kappa shape index (κ3) is 2.03. The van der Waals surface area contributed by atoms with Gasteiger partial charge in [0.2, 0.25) is 0 Å². The number of anilines is 2. The van der Waals surface area contributed by atoms with Crippen molar-refractivity contribution in [2.24, 2.45) is 11.8 Å². The minimum atomic E-state index is 0.813. The molecule has 0 amide bonds. The summed E-state index contributed by atoms with van der Waals surface area (Å²) >= 11 is 0. The van der Waals surface area contributed by atoms with E-state index in [4.69, 9.17) is 0 Å². The second-order valence-corrected chi connectivity index (χ2v) is 5.78. The summed E-state index contributed by atoms with van der Waals surface area (Å²) in [6.07, 6.45) is 1.67. The molecular weight excluding hydrogens is 226 g/mol. The number of hydrogen-bond acceptors (Lipinski definition) is 5. The Morgan fingerprint density at radius 3 is 2.39 bits per heavy atom. The molecule has 0 aliphatic carbocycles. The molecule has 5 heteroatoms. The molecule has 3 rings (SSSR count). The van der Waals surface area contributed by atoms with Gasteiger partial charge < -0.3 is 14.7 Å². The van der Waals surface area contributed by atoms with Crippen molar-refractivity contribution in [2.45, 2.75) is 0 Å². The van der Waals surface area contributed by atoms with E-state index in [0.29, 0.717) is 0 Å². The average molecular weight is 247 g/mol. The Hall–Kier alpha value is -1.36. The van der Waals surface area contributed by atoms with Crippen LogP contribution in [-0.4, -0.2) is 62.2 Å². The van der Waals surface area contributed by atoms with Gasteiger partial charge in [0, 0.05) is 46.3 Å². The number of nitrogens with zero attached hydrogens (tertiary/aromatic N) is 5. The van der Waals surface area contributed by atoms with Crippen molar-refractivity contribution in [1.82, 2.24) is 14.9 Å². The fourth-order valence-corrected chi connectivity index (χ4v) is 3.17. The zero-order valence-corrected chi connectivity index (χ0v) is 11.4. The van der Waals surface area contributed by atoms with E-state index in [9.17, 15) is 0 Å². The lowest BCUT2D eigenvalue weighted by molar-refractivity contribution is 0.387. The van der Waals surface area contributed by atoms with Crippen LogP contribution in [0.4, 0.5) is 11.6 Å². The zero-order chi connectivity index (χ0) is 12.7. The number of fused-ring (bicyclic) bond motifs is 1. The Morgan fingerprint density at radius 1 is 1.11 bits per heavy atom. The Balaban J connectivity index is 1.75. The van der Waals surface area contributed by atoms with Crippen LogP contribution in [0.15, 0.2) is 12.4 Å². The third-order valence-electron chi connectivity index (χ3n) is 4.09. The van der Waals surface area contributed by atoms with Crippen molar-refractivity contribution < 1.29 is 0 Å².